The van der Waals surface area contributed by atoms with E-state index in [-0.39, 0.29) is 23.7 Å². The Labute approximate surface area is 78.1 Å². The molecule has 3 nitrogen and oxygen atoms in total. The van der Waals surface area contributed by atoms with Crippen LogP contribution in [0.1, 0.15) is 32.6 Å². The van der Waals surface area contributed by atoms with E-state index in [0.717, 1.165) is 25.7 Å². The van der Waals surface area contributed by atoms with Crippen LogP contribution < -0.4 is 0 Å². The van der Waals surface area contributed by atoms with Crippen LogP contribution in [0, 0.1) is 18.4 Å². The number of hydrogen-bond acceptors (Lipinski definition) is 2. The SMILES string of the molecule is C[CH]N1C(=O)C2CCCCC2C1=O. The van der Waals surface area contributed by atoms with Crippen LogP contribution in [0.25, 0.3) is 0 Å². The number of likely N-dealkylation sites (tertiary alicyclic amines) is 1. The van der Waals surface area contributed by atoms with E-state index in [2.05, 4.69) is 0 Å². The van der Waals surface area contributed by atoms with Gasteiger partial charge in [-0.05, 0) is 19.8 Å². The Kier molecular flexibility index (Phi) is 2.10. The van der Waals surface area contributed by atoms with E-state index in [1.165, 1.54) is 4.90 Å². The van der Waals surface area contributed by atoms with Crippen LogP contribution in [0.5, 0.6) is 0 Å². The summed E-state index contributed by atoms with van der Waals surface area (Å²) >= 11 is 0. The quantitative estimate of drug-likeness (QED) is 0.571. The number of amides is 2. The lowest BCUT2D eigenvalue weighted by Gasteiger charge is -2.19. The maximum atomic E-state index is 11.7. The fraction of sp³-hybridized carbons (Fsp3) is 0.700. The molecule has 0 bridgehead atoms. The normalized spacial score (nSPS) is 33.8. The average molecular weight is 180 g/mol. The highest BCUT2D eigenvalue weighted by atomic mass is 16.2. The van der Waals surface area contributed by atoms with Gasteiger partial charge in [-0.15, -0.1) is 0 Å². The molecule has 71 valence electrons. The lowest BCUT2D eigenvalue weighted by Crippen LogP contribution is -2.27. The van der Waals surface area contributed by atoms with E-state index in [1.807, 2.05) is 0 Å². The molecular weight excluding hydrogens is 166 g/mol. The molecular formula is C10H14NO2. The van der Waals surface area contributed by atoms with Crippen LogP contribution in [-0.2, 0) is 9.59 Å². The first-order valence-corrected chi connectivity index (χ1v) is 4.92. The van der Waals surface area contributed by atoms with E-state index in [9.17, 15) is 9.59 Å². The summed E-state index contributed by atoms with van der Waals surface area (Å²) in [5.41, 5.74) is 0. The predicted molar refractivity (Wildman–Crippen MR) is 47.3 cm³/mol. The molecule has 2 rings (SSSR count). The van der Waals surface area contributed by atoms with Crippen LogP contribution in [-0.4, -0.2) is 16.7 Å². The van der Waals surface area contributed by atoms with Gasteiger partial charge in [0.15, 0.2) is 0 Å². The van der Waals surface area contributed by atoms with E-state index >= 15 is 0 Å². The summed E-state index contributed by atoms with van der Waals surface area (Å²) in [7, 11) is 0. The average Bonchev–Trinajstić information content (AvgIpc) is 2.41. The predicted octanol–water partition coefficient (Wildman–Crippen LogP) is 1.34. The molecule has 13 heavy (non-hydrogen) atoms. The van der Waals surface area contributed by atoms with Gasteiger partial charge in [-0.2, -0.15) is 0 Å². The number of nitrogens with zero attached hydrogens (tertiary/aromatic N) is 1. The summed E-state index contributed by atoms with van der Waals surface area (Å²) in [5, 5.41) is 0. The number of fused-ring (bicyclic) bond motifs is 1. The highest BCUT2D eigenvalue weighted by Gasteiger charge is 2.47. The Bertz CT molecular complexity index is 225. The van der Waals surface area contributed by atoms with Gasteiger partial charge in [-0.3, -0.25) is 14.5 Å². The third kappa shape index (κ3) is 1.18. The fourth-order valence-corrected chi connectivity index (χ4v) is 2.44. The fourth-order valence-electron chi connectivity index (χ4n) is 2.44. The maximum Gasteiger partial charge on any atom is 0.233 e. The molecule has 2 atom stereocenters. The minimum absolute atomic E-state index is 0.00236. The van der Waals surface area contributed by atoms with E-state index < -0.39 is 0 Å². The van der Waals surface area contributed by atoms with E-state index in [1.54, 1.807) is 13.5 Å². The van der Waals surface area contributed by atoms with Crippen molar-refractivity contribution in [3.8, 4) is 0 Å². The van der Waals surface area contributed by atoms with Crippen LogP contribution >= 0.6 is 0 Å². The van der Waals surface area contributed by atoms with Gasteiger partial charge in [0.05, 0.1) is 18.4 Å². The summed E-state index contributed by atoms with van der Waals surface area (Å²) < 4.78 is 0. The number of imide groups is 1. The Morgan fingerprint density at radius 3 is 2.00 bits per heavy atom. The van der Waals surface area contributed by atoms with Crippen LogP contribution in [0.3, 0.4) is 0 Å². The van der Waals surface area contributed by atoms with Crippen molar-refractivity contribution >= 4 is 11.8 Å². The molecule has 1 saturated heterocycles. The number of hydrogen-bond donors (Lipinski definition) is 0. The minimum Gasteiger partial charge on any atom is -0.277 e. The molecule has 2 amide bonds. The van der Waals surface area contributed by atoms with Crippen molar-refractivity contribution in [3.63, 3.8) is 0 Å². The molecule has 1 aliphatic carbocycles. The molecule has 1 aliphatic heterocycles. The second kappa shape index (κ2) is 3.13. The molecule has 3 heteroatoms. The molecule has 2 unspecified atom stereocenters. The first-order chi connectivity index (χ1) is 6.25. The Hall–Kier alpha value is -0.860. The van der Waals surface area contributed by atoms with E-state index in [4.69, 9.17) is 0 Å². The molecule has 0 N–H and O–H groups in total. The Morgan fingerprint density at radius 1 is 1.15 bits per heavy atom. The topological polar surface area (TPSA) is 37.4 Å². The van der Waals surface area contributed by atoms with Crippen molar-refractivity contribution < 1.29 is 9.59 Å². The van der Waals surface area contributed by atoms with Crippen molar-refractivity contribution in [2.24, 2.45) is 11.8 Å². The lowest BCUT2D eigenvalue weighted by molar-refractivity contribution is -0.137. The largest absolute Gasteiger partial charge is 0.277 e. The third-order valence-electron chi connectivity index (χ3n) is 3.13. The summed E-state index contributed by atoms with van der Waals surface area (Å²) in [5.74, 6) is 0.0456. The van der Waals surface area contributed by atoms with E-state index in [0.29, 0.717) is 0 Å². The molecule has 0 aromatic heterocycles. The zero-order valence-electron chi connectivity index (χ0n) is 7.82. The van der Waals surface area contributed by atoms with Crippen LogP contribution in [0.4, 0.5) is 0 Å². The lowest BCUT2D eigenvalue weighted by atomic mass is 9.81. The van der Waals surface area contributed by atoms with Crippen LogP contribution in [0.2, 0.25) is 0 Å². The minimum atomic E-state index is -0.00236. The summed E-state index contributed by atoms with van der Waals surface area (Å²) in [6.45, 7) is 3.34. The second-order valence-electron chi connectivity index (χ2n) is 3.80. The van der Waals surface area contributed by atoms with Gasteiger partial charge in [-0.1, -0.05) is 12.8 Å². The first-order valence-electron chi connectivity index (χ1n) is 4.92. The molecule has 1 radical (unpaired) electrons. The summed E-state index contributed by atoms with van der Waals surface area (Å²) in [4.78, 5) is 24.6. The molecule has 2 aliphatic rings. The molecule has 1 saturated carbocycles. The summed E-state index contributed by atoms with van der Waals surface area (Å²) in [6.07, 6.45) is 3.99. The van der Waals surface area contributed by atoms with Crippen molar-refractivity contribution in [2.45, 2.75) is 32.6 Å². The standard InChI is InChI=1S/C10H14NO2/c1-2-11-9(12)7-5-3-4-6-8(7)10(11)13/h2,7-8H,3-6H2,1H3. The monoisotopic (exact) mass is 180 g/mol. The van der Waals surface area contributed by atoms with Gasteiger partial charge >= 0.3 is 0 Å². The Morgan fingerprint density at radius 2 is 1.62 bits per heavy atom. The van der Waals surface area contributed by atoms with Crippen molar-refractivity contribution in [1.29, 1.82) is 0 Å². The van der Waals surface area contributed by atoms with Crippen LogP contribution in [0.15, 0.2) is 0 Å². The zero-order valence-corrected chi connectivity index (χ0v) is 7.82. The maximum absolute atomic E-state index is 11.7. The number of rotatable bonds is 1. The first kappa shape index (κ1) is 8.73. The van der Waals surface area contributed by atoms with Gasteiger partial charge in [0.1, 0.15) is 0 Å². The van der Waals surface area contributed by atoms with Gasteiger partial charge in [-0.25, -0.2) is 0 Å². The number of carbonyl (C=O) groups is 2. The molecule has 0 aromatic carbocycles. The third-order valence-corrected chi connectivity index (χ3v) is 3.13. The molecule has 0 aromatic rings. The van der Waals surface area contributed by atoms with Crippen molar-refractivity contribution in [1.82, 2.24) is 4.90 Å². The second-order valence-corrected chi connectivity index (χ2v) is 3.80. The number of carbonyl (C=O) groups excluding carboxylic acids is 2. The van der Waals surface area contributed by atoms with Gasteiger partial charge < -0.3 is 0 Å². The highest BCUT2D eigenvalue weighted by molar-refractivity contribution is 6.05. The van der Waals surface area contributed by atoms with Gasteiger partial charge in [0.2, 0.25) is 11.8 Å². The molecule has 1 heterocycles. The van der Waals surface area contributed by atoms with Gasteiger partial charge in [0, 0.05) is 0 Å². The zero-order chi connectivity index (χ0) is 9.42. The molecule has 2 fully saturated rings. The molecule has 0 spiro atoms. The Balaban J connectivity index is 2.22. The summed E-state index contributed by atoms with van der Waals surface area (Å²) in [6, 6.07) is 0. The highest BCUT2D eigenvalue weighted by Crippen LogP contribution is 2.38. The smallest absolute Gasteiger partial charge is 0.233 e. The van der Waals surface area contributed by atoms with Gasteiger partial charge in [0.25, 0.3) is 0 Å². The van der Waals surface area contributed by atoms with Crippen molar-refractivity contribution in [2.75, 3.05) is 0 Å². The van der Waals surface area contributed by atoms with Crippen molar-refractivity contribution in [3.05, 3.63) is 6.54 Å².